The number of carbonyl (C=O) groups is 1. The number of carbonyl (C=O) groups excluding carboxylic acids is 1. The van der Waals surface area contributed by atoms with Crippen LogP contribution in [0.1, 0.15) is 114 Å². The maximum absolute atomic E-state index is 12.4. The lowest BCUT2D eigenvalue weighted by atomic mass is 9.41. The molecular weight excluding hydrogens is 476 g/mol. The third-order valence-corrected chi connectivity index (χ3v) is 14.7. The third-order valence-electron chi connectivity index (χ3n) is 14.7. The van der Waals surface area contributed by atoms with Gasteiger partial charge in [-0.05, 0) is 116 Å². The third kappa shape index (κ3) is 3.13. The van der Waals surface area contributed by atoms with E-state index in [1.165, 1.54) is 51.9 Å². The monoisotopic (exact) mass is 530 g/mol. The highest BCUT2D eigenvalue weighted by Gasteiger charge is 2.84. The van der Waals surface area contributed by atoms with Crippen molar-refractivity contribution in [3.05, 3.63) is 0 Å². The Morgan fingerprint density at radius 3 is 2.26 bits per heavy atom. The molecular formula is C33H54O5. The smallest absolute Gasteiger partial charge is 0.303 e. The van der Waals surface area contributed by atoms with Gasteiger partial charge in [0, 0.05) is 12.3 Å². The zero-order chi connectivity index (χ0) is 27.8. The fourth-order valence-electron chi connectivity index (χ4n) is 12.6. The fraction of sp³-hybridized carbons (Fsp3) is 0.970. The van der Waals surface area contributed by atoms with Crippen LogP contribution in [0.4, 0.5) is 0 Å². The highest BCUT2D eigenvalue weighted by molar-refractivity contribution is 5.66. The van der Waals surface area contributed by atoms with Gasteiger partial charge in [0.05, 0.1) is 23.9 Å². The molecule has 0 amide bonds. The molecule has 1 saturated heterocycles. The molecule has 1 aliphatic heterocycles. The Morgan fingerprint density at radius 1 is 1.00 bits per heavy atom. The minimum atomic E-state index is -1.22. The van der Waals surface area contributed by atoms with E-state index < -0.39 is 29.9 Å². The maximum atomic E-state index is 12.4. The minimum absolute atomic E-state index is 0.0111. The lowest BCUT2D eigenvalue weighted by molar-refractivity contribution is -0.216. The van der Waals surface area contributed by atoms with Crippen molar-refractivity contribution < 1.29 is 24.5 Å². The van der Waals surface area contributed by atoms with E-state index in [4.69, 9.17) is 9.47 Å². The Labute approximate surface area is 230 Å². The van der Waals surface area contributed by atoms with Crippen molar-refractivity contribution in [3.63, 3.8) is 0 Å². The van der Waals surface area contributed by atoms with Gasteiger partial charge in [-0.3, -0.25) is 4.79 Å². The molecule has 38 heavy (non-hydrogen) atoms. The molecule has 5 aliphatic carbocycles. The first kappa shape index (κ1) is 27.5. The number of esters is 1. The Morgan fingerprint density at radius 2 is 1.63 bits per heavy atom. The lowest BCUT2D eigenvalue weighted by Crippen LogP contribution is -2.59. The number of aliphatic hydroxyl groups is 2. The van der Waals surface area contributed by atoms with Gasteiger partial charge in [0.2, 0.25) is 0 Å². The first-order valence-corrected chi connectivity index (χ1v) is 15.7. The van der Waals surface area contributed by atoms with Crippen molar-refractivity contribution in [2.24, 2.45) is 56.7 Å². The second-order valence-corrected chi connectivity index (χ2v) is 16.6. The second kappa shape index (κ2) is 8.00. The van der Waals surface area contributed by atoms with Crippen LogP contribution in [0.15, 0.2) is 0 Å². The average molecular weight is 531 g/mol. The van der Waals surface area contributed by atoms with E-state index in [0.29, 0.717) is 28.1 Å². The van der Waals surface area contributed by atoms with Crippen LogP contribution >= 0.6 is 0 Å². The Hall–Kier alpha value is -0.650. The summed E-state index contributed by atoms with van der Waals surface area (Å²) in [5.74, 6) is 2.29. The Balaban J connectivity index is 1.35. The van der Waals surface area contributed by atoms with Gasteiger partial charge in [-0.1, -0.05) is 41.5 Å². The summed E-state index contributed by atoms with van der Waals surface area (Å²) in [6.07, 6.45) is 7.80. The van der Waals surface area contributed by atoms with Crippen molar-refractivity contribution >= 4 is 5.97 Å². The van der Waals surface area contributed by atoms with Gasteiger partial charge in [0.15, 0.2) is 6.10 Å². The quantitative estimate of drug-likeness (QED) is 0.429. The molecule has 13 atom stereocenters. The predicted molar refractivity (Wildman–Crippen MR) is 147 cm³/mol. The molecule has 0 radical (unpaired) electrons. The van der Waals surface area contributed by atoms with E-state index in [0.717, 1.165) is 18.3 Å². The van der Waals surface area contributed by atoms with Crippen molar-refractivity contribution in [1.29, 1.82) is 0 Å². The van der Waals surface area contributed by atoms with E-state index in [2.05, 4.69) is 41.5 Å². The summed E-state index contributed by atoms with van der Waals surface area (Å²) in [6, 6.07) is 0. The van der Waals surface area contributed by atoms with Crippen LogP contribution in [-0.2, 0) is 14.3 Å². The Bertz CT molecular complexity index is 1000. The van der Waals surface area contributed by atoms with Gasteiger partial charge in [0.25, 0.3) is 0 Å². The molecule has 6 fully saturated rings. The van der Waals surface area contributed by atoms with E-state index in [1.54, 1.807) is 13.8 Å². The van der Waals surface area contributed by atoms with Gasteiger partial charge in [-0.15, -0.1) is 0 Å². The molecule has 5 heteroatoms. The largest absolute Gasteiger partial charge is 0.457 e. The molecule has 2 spiro atoms. The number of fused-ring (bicyclic) bond motifs is 4. The summed E-state index contributed by atoms with van der Waals surface area (Å²) in [6.45, 7) is 19.5. The summed E-state index contributed by atoms with van der Waals surface area (Å²) in [4.78, 5) is 12.0. The topological polar surface area (TPSA) is 76.0 Å². The summed E-state index contributed by atoms with van der Waals surface area (Å²) in [7, 11) is 0. The Kier molecular flexibility index (Phi) is 5.79. The first-order valence-electron chi connectivity index (χ1n) is 15.7. The van der Waals surface area contributed by atoms with E-state index in [1.807, 2.05) is 0 Å². The first-order chi connectivity index (χ1) is 17.5. The van der Waals surface area contributed by atoms with Crippen molar-refractivity contribution in [2.75, 3.05) is 0 Å². The van der Waals surface area contributed by atoms with Crippen LogP contribution in [-0.4, -0.2) is 46.2 Å². The van der Waals surface area contributed by atoms with Crippen LogP contribution in [0.5, 0.6) is 0 Å². The van der Waals surface area contributed by atoms with Gasteiger partial charge in [-0.2, -0.15) is 0 Å². The maximum Gasteiger partial charge on any atom is 0.303 e. The number of ether oxygens (including phenoxy) is 2. The summed E-state index contributed by atoms with van der Waals surface area (Å²) in [5, 5.41) is 23.3. The summed E-state index contributed by atoms with van der Waals surface area (Å²) < 4.78 is 12.5. The number of aliphatic hydroxyl groups excluding tert-OH is 1. The number of hydrogen-bond donors (Lipinski definition) is 2. The molecule has 6 aliphatic rings. The van der Waals surface area contributed by atoms with Crippen molar-refractivity contribution in [3.8, 4) is 0 Å². The minimum Gasteiger partial charge on any atom is -0.457 e. The highest BCUT2D eigenvalue weighted by Crippen LogP contribution is 2.89. The molecule has 6 rings (SSSR count). The zero-order valence-electron chi connectivity index (χ0n) is 25.5. The zero-order valence-corrected chi connectivity index (χ0v) is 25.5. The van der Waals surface area contributed by atoms with Gasteiger partial charge >= 0.3 is 5.97 Å². The van der Waals surface area contributed by atoms with Gasteiger partial charge in [-0.25, -0.2) is 0 Å². The highest BCUT2D eigenvalue weighted by atomic mass is 16.6. The van der Waals surface area contributed by atoms with E-state index in [9.17, 15) is 15.0 Å². The van der Waals surface area contributed by atoms with Gasteiger partial charge < -0.3 is 19.7 Å². The summed E-state index contributed by atoms with van der Waals surface area (Å²) in [5.41, 5.74) is -0.161. The SMILES string of the molecule is CC(=O)O[C@@H]([C@H]1C[C@@H](C)[C@H]2[C@H](O1)[C@H](O)[C@@]1(C)[C@@H]3CC[C@@H]4C(C)(C)C(C)CCC45C[C@@]35CC[C@]21C)C(C)(C)O. The molecule has 0 aromatic carbocycles. The second-order valence-electron chi connectivity index (χ2n) is 16.6. The number of rotatable bonds is 3. The van der Waals surface area contributed by atoms with Crippen LogP contribution in [0.2, 0.25) is 0 Å². The molecule has 0 bridgehead atoms. The average Bonchev–Trinajstić information content (AvgIpc) is 3.44. The molecule has 0 aromatic rings. The van der Waals surface area contributed by atoms with Crippen LogP contribution in [0, 0.1) is 56.7 Å². The van der Waals surface area contributed by atoms with Crippen LogP contribution < -0.4 is 0 Å². The van der Waals surface area contributed by atoms with Crippen molar-refractivity contribution in [2.45, 2.75) is 144 Å². The van der Waals surface area contributed by atoms with Crippen LogP contribution in [0.3, 0.4) is 0 Å². The van der Waals surface area contributed by atoms with E-state index in [-0.39, 0.29) is 22.9 Å². The van der Waals surface area contributed by atoms with Crippen LogP contribution in [0.25, 0.3) is 0 Å². The van der Waals surface area contributed by atoms with Crippen molar-refractivity contribution in [1.82, 2.24) is 0 Å². The summed E-state index contributed by atoms with van der Waals surface area (Å²) >= 11 is 0. The lowest BCUT2D eigenvalue weighted by Gasteiger charge is -2.63. The normalized spacial score (nSPS) is 55.4. The fourth-order valence-corrected chi connectivity index (χ4v) is 12.6. The van der Waals surface area contributed by atoms with Gasteiger partial charge in [0.1, 0.15) is 0 Å². The molecule has 5 nitrogen and oxygen atoms in total. The molecule has 5 saturated carbocycles. The molecule has 2 N–H and O–H groups in total. The molecule has 216 valence electrons. The standard InChI is InChI=1S/C33H54O5/c1-18-16-21(27(29(6,7)36)37-20(3)34)38-25-24(18)30(8)14-15-33-17-32(33)13-12-19(2)28(4,5)22(32)10-11-23(33)31(30,9)26(25)35/h18-19,21-27,35-36H,10-17H2,1-9H3/t18-,19?,21-,22-,23+,24+,25+,26+,27+,30-,31-,32?,33+/m1/s1. The van der Waals surface area contributed by atoms with E-state index >= 15 is 0 Å². The number of hydrogen-bond acceptors (Lipinski definition) is 5. The molecule has 1 heterocycles. The molecule has 2 unspecified atom stereocenters. The molecule has 0 aromatic heterocycles. The predicted octanol–water partition coefficient (Wildman–Crippen LogP) is 6.14.